The van der Waals surface area contributed by atoms with Crippen molar-refractivity contribution in [3.8, 4) is 0 Å². The highest BCUT2D eigenvalue weighted by Crippen LogP contribution is 2.04. The van der Waals surface area contributed by atoms with E-state index in [-0.39, 0.29) is 5.54 Å². The van der Waals surface area contributed by atoms with Gasteiger partial charge in [0, 0.05) is 18.6 Å². The van der Waals surface area contributed by atoms with Gasteiger partial charge in [-0.1, -0.05) is 6.92 Å². The van der Waals surface area contributed by atoms with E-state index in [1.165, 1.54) is 0 Å². The number of hydrogen-bond acceptors (Lipinski definition) is 2. The maximum Gasteiger partial charge on any atom is 0.0125 e. The molecule has 0 unspecified atom stereocenters. The maximum atomic E-state index is 5.31. The lowest BCUT2D eigenvalue weighted by Gasteiger charge is -2.23. The van der Waals surface area contributed by atoms with Crippen molar-refractivity contribution >= 4 is 0 Å². The Morgan fingerprint density at radius 3 is 2.44 bits per heavy atom. The average Bonchev–Trinajstić information content (AvgIpc) is 1.84. The summed E-state index contributed by atoms with van der Waals surface area (Å²) in [6.45, 7) is 9.62. The Balaban J connectivity index is 3.33. The summed E-state index contributed by atoms with van der Waals surface area (Å²) in [6, 6.07) is 0. The second kappa shape index (κ2) is 3.85. The summed E-state index contributed by atoms with van der Waals surface area (Å²) in [4.78, 5) is 0. The average molecular weight is 129 g/mol. The Bertz CT molecular complexity index is 69.3. The Labute approximate surface area is 57.8 Å². The van der Waals surface area contributed by atoms with Crippen LogP contribution < -0.4 is 11.1 Å². The molecule has 0 saturated carbocycles. The van der Waals surface area contributed by atoms with Crippen molar-refractivity contribution in [3.63, 3.8) is 0 Å². The van der Waals surface area contributed by atoms with Crippen LogP contribution in [0.25, 0.3) is 0 Å². The largest absolute Gasteiger partial charge is 0.329 e. The predicted molar refractivity (Wildman–Crippen MR) is 41.1 cm³/mol. The number of nitrogens with one attached hydrogen (secondary N) is 1. The molecular formula is C7H17N2. The molecule has 0 aromatic carbocycles. The quantitative estimate of drug-likeness (QED) is 0.581. The van der Waals surface area contributed by atoms with E-state index in [0.717, 1.165) is 13.0 Å². The molecule has 0 aliphatic carbocycles. The van der Waals surface area contributed by atoms with Crippen LogP contribution in [0.1, 0.15) is 20.3 Å². The second-order valence-corrected chi connectivity index (χ2v) is 2.85. The fourth-order valence-electron chi connectivity index (χ4n) is 0.499. The van der Waals surface area contributed by atoms with Crippen molar-refractivity contribution in [1.82, 2.24) is 5.32 Å². The van der Waals surface area contributed by atoms with Gasteiger partial charge in [-0.2, -0.15) is 0 Å². The van der Waals surface area contributed by atoms with Crippen molar-refractivity contribution in [2.24, 2.45) is 5.73 Å². The van der Waals surface area contributed by atoms with Gasteiger partial charge in [0.1, 0.15) is 0 Å². The first-order valence-electron chi connectivity index (χ1n) is 3.37. The molecule has 0 rings (SSSR count). The van der Waals surface area contributed by atoms with Crippen LogP contribution in [-0.2, 0) is 0 Å². The van der Waals surface area contributed by atoms with Crippen LogP contribution in [-0.4, -0.2) is 18.6 Å². The predicted octanol–water partition coefficient (Wildman–Crippen LogP) is 0.537. The summed E-state index contributed by atoms with van der Waals surface area (Å²) in [6.07, 6.45) is 0.896. The van der Waals surface area contributed by atoms with Gasteiger partial charge < -0.3 is 11.1 Å². The SMILES string of the molecule is [CH2]CC(C)(C)NCCN. The van der Waals surface area contributed by atoms with Crippen molar-refractivity contribution in [3.05, 3.63) is 6.92 Å². The van der Waals surface area contributed by atoms with Crippen molar-refractivity contribution in [2.75, 3.05) is 13.1 Å². The molecule has 2 nitrogen and oxygen atoms in total. The van der Waals surface area contributed by atoms with E-state index in [4.69, 9.17) is 5.73 Å². The molecule has 0 aliphatic heterocycles. The molecule has 0 aromatic rings. The highest BCUT2D eigenvalue weighted by Gasteiger charge is 2.11. The molecule has 0 atom stereocenters. The lowest BCUT2D eigenvalue weighted by atomic mass is 10.0. The van der Waals surface area contributed by atoms with Gasteiger partial charge in [0.2, 0.25) is 0 Å². The molecule has 0 heterocycles. The van der Waals surface area contributed by atoms with Crippen LogP contribution in [0.5, 0.6) is 0 Å². The molecule has 55 valence electrons. The Morgan fingerprint density at radius 1 is 1.56 bits per heavy atom. The number of rotatable bonds is 4. The number of nitrogens with two attached hydrogens (primary N) is 1. The van der Waals surface area contributed by atoms with Gasteiger partial charge >= 0.3 is 0 Å². The summed E-state index contributed by atoms with van der Waals surface area (Å²) in [5.41, 5.74) is 5.46. The van der Waals surface area contributed by atoms with E-state index in [2.05, 4.69) is 26.1 Å². The highest BCUT2D eigenvalue weighted by molar-refractivity contribution is 4.77. The minimum absolute atomic E-state index is 0.152. The lowest BCUT2D eigenvalue weighted by Crippen LogP contribution is -2.41. The van der Waals surface area contributed by atoms with E-state index in [9.17, 15) is 0 Å². The van der Waals surface area contributed by atoms with Gasteiger partial charge in [-0.25, -0.2) is 0 Å². The summed E-state index contributed by atoms with van der Waals surface area (Å²) in [5.74, 6) is 0. The van der Waals surface area contributed by atoms with Crippen LogP contribution in [0, 0.1) is 6.92 Å². The smallest absolute Gasteiger partial charge is 0.0125 e. The van der Waals surface area contributed by atoms with Crippen LogP contribution in [0.4, 0.5) is 0 Å². The molecule has 0 spiro atoms. The molecular weight excluding hydrogens is 112 g/mol. The van der Waals surface area contributed by atoms with E-state index in [0.29, 0.717) is 6.54 Å². The molecule has 0 bridgehead atoms. The fourth-order valence-corrected chi connectivity index (χ4v) is 0.499. The van der Waals surface area contributed by atoms with Crippen LogP contribution in [0.15, 0.2) is 0 Å². The zero-order valence-electron chi connectivity index (χ0n) is 6.41. The third-order valence-electron chi connectivity index (χ3n) is 1.37. The number of hydrogen-bond donors (Lipinski definition) is 2. The van der Waals surface area contributed by atoms with Gasteiger partial charge in [-0.15, -0.1) is 0 Å². The molecule has 0 aromatic heterocycles. The first-order valence-corrected chi connectivity index (χ1v) is 3.37. The third kappa shape index (κ3) is 4.43. The Kier molecular flexibility index (Phi) is 3.82. The van der Waals surface area contributed by atoms with E-state index >= 15 is 0 Å². The van der Waals surface area contributed by atoms with E-state index < -0.39 is 0 Å². The standard InChI is InChI=1S/C7H17N2/c1-4-7(2,3)9-6-5-8/h9H,1,4-6,8H2,2-3H3. The first-order chi connectivity index (χ1) is 4.12. The van der Waals surface area contributed by atoms with E-state index in [1.54, 1.807) is 0 Å². The minimum atomic E-state index is 0.152. The van der Waals surface area contributed by atoms with Crippen molar-refractivity contribution in [1.29, 1.82) is 0 Å². The topological polar surface area (TPSA) is 38.0 Å². The third-order valence-corrected chi connectivity index (χ3v) is 1.37. The summed E-state index contributed by atoms with van der Waals surface area (Å²) in [7, 11) is 0. The molecule has 3 N–H and O–H groups in total. The lowest BCUT2D eigenvalue weighted by molar-refractivity contribution is 0.397. The van der Waals surface area contributed by atoms with Gasteiger partial charge in [0.05, 0.1) is 0 Å². The molecule has 0 saturated heterocycles. The van der Waals surface area contributed by atoms with Gasteiger partial charge in [-0.3, -0.25) is 0 Å². The summed E-state index contributed by atoms with van der Waals surface area (Å²) >= 11 is 0. The Hall–Kier alpha value is -0.0800. The monoisotopic (exact) mass is 129 g/mol. The Morgan fingerprint density at radius 2 is 2.11 bits per heavy atom. The zero-order chi connectivity index (χ0) is 7.33. The molecule has 0 aliphatic rings. The normalized spacial score (nSPS) is 12.0. The maximum absolute atomic E-state index is 5.31. The van der Waals surface area contributed by atoms with Crippen LogP contribution in [0.2, 0.25) is 0 Å². The van der Waals surface area contributed by atoms with Crippen LogP contribution in [0.3, 0.4) is 0 Å². The minimum Gasteiger partial charge on any atom is -0.329 e. The molecule has 2 heteroatoms. The summed E-state index contributed by atoms with van der Waals surface area (Å²) < 4.78 is 0. The summed E-state index contributed by atoms with van der Waals surface area (Å²) in [5, 5.41) is 3.27. The molecule has 0 fully saturated rings. The first kappa shape index (κ1) is 8.92. The fraction of sp³-hybridized carbons (Fsp3) is 0.857. The molecule has 0 amide bonds. The van der Waals surface area contributed by atoms with Crippen molar-refractivity contribution < 1.29 is 0 Å². The second-order valence-electron chi connectivity index (χ2n) is 2.85. The van der Waals surface area contributed by atoms with Crippen molar-refractivity contribution in [2.45, 2.75) is 25.8 Å². The highest BCUT2D eigenvalue weighted by atomic mass is 15.0. The van der Waals surface area contributed by atoms with Gasteiger partial charge in [0.25, 0.3) is 0 Å². The zero-order valence-corrected chi connectivity index (χ0v) is 6.41. The van der Waals surface area contributed by atoms with Crippen LogP contribution >= 0.6 is 0 Å². The van der Waals surface area contributed by atoms with E-state index in [1.807, 2.05) is 0 Å². The molecule has 1 radical (unpaired) electrons. The molecule has 9 heavy (non-hydrogen) atoms. The van der Waals surface area contributed by atoms with Gasteiger partial charge in [0.15, 0.2) is 0 Å². The van der Waals surface area contributed by atoms with Gasteiger partial charge in [-0.05, 0) is 20.3 Å².